The first kappa shape index (κ1) is 25.7. The highest BCUT2D eigenvalue weighted by Gasteiger charge is 2.35. The summed E-state index contributed by atoms with van der Waals surface area (Å²) in [6.45, 7) is 1.94. The van der Waals surface area contributed by atoms with Crippen LogP contribution in [-0.4, -0.2) is 41.2 Å². The van der Waals surface area contributed by atoms with E-state index >= 15 is 0 Å². The minimum absolute atomic E-state index is 0.0375. The van der Waals surface area contributed by atoms with Crippen molar-refractivity contribution in [3.8, 4) is 5.75 Å². The molecule has 1 aliphatic rings. The number of carbonyl (C=O) groups excluding carboxylic acids is 3. The first-order valence-electron chi connectivity index (χ1n) is 11.9. The fraction of sp³-hybridized carbons (Fsp3) is 0.172. The van der Waals surface area contributed by atoms with E-state index in [1.54, 1.807) is 43.4 Å². The molecule has 0 fully saturated rings. The van der Waals surface area contributed by atoms with Crippen molar-refractivity contribution in [1.29, 1.82) is 0 Å². The van der Waals surface area contributed by atoms with Crippen molar-refractivity contribution in [2.24, 2.45) is 0 Å². The van der Waals surface area contributed by atoms with Crippen LogP contribution in [0.2, 0.25) is 10.0 Å². The van der Waals surface area contributed by atoms with Gasteiger partial charge in [-0.05, 0) is 43.3 Å². The van der Waals surface area contributed by atoms with Gasteiger partial charge in [0.1, 0.15) is 17.9 Å². The number of fused-ring (bicyclic) bond motifs is 2. The fourth-order valence-corrected chi connectivity index (χ4v) is 5.02. The van der Waals surface area contributed by atoms with Crippen molar-refractivity contribution < 1.29 is 19.1 Å². The number of aromatic nitrogens is 1. The third kappa shape index (κ3) is 4.71. The molecular formula is C29H23Cl2N3O4. The average Bonchev–Trinajstić information content (AvgIpc) is 3.16. The predicted molar refractivity (Wildman–Crippen MR) is 147 cm³/mol. The van der Waals surface area contributed by atoms with Gasteiger partial charge in [-0.3, -0.25) is 19.3 Å². The third-order valence-electron chi connectivity index (χ3n) is 6.52. The summed E-state index contributed by atoms with van der Waals surface area (Å²) < 4.78 is 6.07. The molecule has 0 spiro atoms. The molecule has 4 aromatic rings. The Morgan fingerprint density at radius 1 is 0.947 bits per heavy atom. The lowest BCUT2D eigenvalue weighted by molar-refractivity contribution is -0.118. The molecule has 0 bridgehead atoms. The summed E-state index contributed by atoms with van der Waals surface area (Å²) in [5.74, 6) is -0.522. The topological polar surface area (TPSA) is 79.8 Å². The van der Waals surface area contributed by atoms with Crippen LogP contribution in [0.5, 0.6) is 5.75 Å². The van der Waals surface area contributed by atoms with E-state index in [2.05, 4.69) is 4.98 Å². The van der Waals surface area contributed by atoms with Gasteiger partial charge in [0.05, 0.1) is 21.8 Å². The largest absolute Gasteiger partial charge is 0.487 e. The van der Waals surface area contributed by atoms with Crippen molar-refractivity contribution in [3.05, 3.63) is 99.2 Å². The number of nitrogens with zero attached hydrogens (tertiary/aromatic N) is 3. The minimum atomic E-state index is -0.400. The highest BCUT2D eigenvalue weighted by Crippen LogP contribution is 2.35. The third-order valence-corrected chi connectivity index (χ3v) is 7.30. The molecule has 192 valence electrons. The monoisotopic (exact) mass is 547 g/mol. The Kier molecular flexibility index (Phi) is 7.06. The number of rotatable bonds is 7. The second kappa shape index (κ2) is 10.4. The number of ether oxygens (including phenoxy) is 1. The van der Waals surface area contributed by atoms with E-state index in [1.165, 1.54) is 4.90 Å². The second-order valence-corrected chi connectivity index (χ2v) is 9.72. The Hall–Kier alpha value is -3.94. The number of imide groups is 1. The Morgan fingerprint density at radius 2 is 1.66 bits per heavy atom. The van der Waals surface area contributed by atoms with E-state index in [1.807, 2.05) is 37.3 Å². The fourth-order valence-electron chi connectivity index (χ4n) is 4.41. The molecule has 0 atom stereocenters. The number of aryl methyl sites for hydroxylation is 1. The molecule has 0 aliphatic carbocycles. The molecule has 9 heteroatoms. The normalized spacial score (nSPS) is 12.7. The average molecular weight is 548 g/mol. The van der Waals surface area contributed by atoms with E-state index in [0.29, 0.717) is 33.1 Å². The van der Waals surface area contributed by atoms with Gasteiger partial charge in [0.15, 0.2) is 0 Å². The quantitative estimate of drug-likeness (QED) is 0.262. The number of hydrogen-bond donors (Lipinski definition) is 0. The maximum Gasteiger partial charge on any atom is 0.261 e. The molecule has 3 aromatic carbocycles. The SMILES string of the molecule is Cc1ccc2cccc(OCc3c(Cl)ccc(N(C)C(=O)CCN4C(=O)c5ccccc5C4=O)c3Cl)c2n1. The highest BCUT2D eigenvalue weighted by atomic mass is 35.5. The molecule has 3 amide bonds. The summed E-state index contributed by atoms with van der Waals surface area (Å²) in [6, 6.07) is 19.5. The van der Waals surface area contributed by atoms with Crippen LogP contribution in [0, 0.1) is 6.92 Å². The van der Waals surface area contributed by atoms with E-state index in [4.69, 9.17) is 27.9 Å². The maximum atomic E-state index is 13.0. The zero-order chi connectivity index (χ0) is 27.0. The molecule has 5 rings (SSSR count). The first-order chi connectivity index (χ1) is 18.3. The van der Waals surface area contributed by atoms with E-state index in [9.17, 15) is 14.4 Å². The number of halogens is 2. The Labute approximate surface area is 229 Å². The smallest absolute Gasteiger partial charge is 0.261 e. The standard InChI is InChI=1S/C29H23Cl2N3O4/c1-17-10-11-18-6-5-9-24(27(18)32-17)38-16-21-22(30)12-13-23(26(21)31)33(2)25(35)14-15-34-28(36)19-7-3-4-8-20(19)29(34)37/h3-13H,14-16H2,1-2H3. The van der Waals surface area contributed by atoms with Crippen molar-refractivity contribution in [2.75, 3.05) is 18.5 Å². The number of pyridine rings is 1. The lowest BCUT2D eigenvalue weighted by atomic mass is 10.1. The van der Waals surface area contributed by atoms with Gasteiger partial charge in [0.25, 0.3) is 11.8 Å². The Bertz CT molecular complexity index is 1570. The molecule has 0 saturated carbocycles. The molecular weight excluding hydrogens is 525 g/mol. The molecule has 2 heterocycles. The number of hydrogen-bond acceptors (Lipinski definition) is 5. The Balaban J connectivity index is 1.30. The van der Waals surface area contributed by atoms with Gasteiger partial charge in [-0.25, -0.2) is 4.98 Å². The van der Waals surface area contributed by atoms with Gasteiger partial charge in [0.2, 0.25) is 5.91 Å². The van der Waals surface area contributed by atoms with Crippen molar-refractivity contribution in [1.82, 2.24) is 9.88 Å². The van der Waals surface area contributed by atoms with Crippen LogP contribution >= 0.6 is 23.2 Å². The lowest BCUT2D eigenvalue weighted by Crippen LogP contribution is -2.35. The Morgan fingerprint density at radius 3 is 2.37 bits per heavy atom. The molecule has 0 saturated heterocycles. The van der Waals surface area contributed by atoms with Crippen molar-refractivity contribution >= 4 is 57.5 Å². The summed E-state index contributed by atoms with van der Waals surface area (Å²) in [4.78, 5) is 45.3. The van der Waals surface area contributed by atoms with Crippen LogP contribution < -0.4 is 9.64 Å². The van der Waals surface area contributed by atoms with Crippen LogP contribution in [0.3, 0.4) is 0 Å². The van der Waals surface area contributed by atoms with Gasteiger partial charge in [-0.2, -0.15) is 0 Å². The molecule has 0 radical (unpaired) electrons. The number of anilines is 1. The van der Waals surface area contributed by atoms with Gasteiger partial charge < -0.3 is 9.64 Å². The van der Waals surface area contributed by atoms with E-state index < -0.39 is 11.8 Å². The second-order valence-electron chi connectivity index (χ2n) is 8.94. The van der Waals surface area contributed by atoms with Crippen molar-refractivity contribution in [3.63, 3.8) is 0 Å². The predicted octanol–water partition coefficient (Wildman–Crippen LogP) is 6.08. The number of benzene rings is 3. The minimum Gasteiger partial charge on any atom is -0.487 e. The molecule has 0 N–H and O–H groups in total. The summed E-state index contributed by atoms with van der Waals surface area (Å²) >= 11 is 13.2. The van der Waals surface area contributed by atoms with Gasteiger partial charge in [-0.15, -0.1) is 0 Å². The van der Waals surface area contributed by atoms with E-state index in [0.717, 1.165) is 21.5 Å². The summed E-state index contributed by atoms with van der Waals surface area (Å²) in [6.07, 6.45) is -0.0617. The molecule has 38 heavy (non-hydrogen) atoms. The number of amides is 3. The van der Waals surface area contributed by atoms with Gasteiger partial charge in [-0.1, -0.05) is 53.5 Å². The summed E-state index contributed by atoms with van der Waals surface area (Å²) in [5.41, 5.74) is 3.26. The molecule has 0 unspecified atom stereocenters. The zero-order valence-corrected chi connectivity index (χ0v) is 22.2. The van der Waals surface area contributed by atoms with Crippen LogP contribution in [0.4, 0.5) is 5.69 Å². The molecule has 1 aromatic heterocycles. The van der Waals surface area contributed by atoms with E-state index in [-0.39, 0.29) is 30.5 Å². The zero-order valence-electron chi connectivity index (χ0n) is 20.7. The summed E-state index contributed by atoms with van der Waals surface area (Å²) in [5, 5.41) is 1.62. The molecule has 7 nitrogen and oxygen atoms in total. The number of para-hydroxylation sites is 1. The first-order valence-corrected chi connectivity index (χ1v) is 12.7. The lowest BCUT2D eigenvalue weighted by Gasteiger charge is -2.22. The van der Waals surface area contributed by atoms with Gasteiger partial charge >= 0.3 is 0 Å². The van der Waals surface area contributed by atoms with Crippen LogP contribution in [0.1, 0.15) is 38.4 Å². The van der Waals surface area contributed by atoms with Crippen molar-refractivity contribution in [2.45, 2.75) is 20.0 Å². The van der Waals surface area contributed by atoms with Crippen LogP contribution in [0.15, 0.2) is 66.7 Å². The highest BCUT2D eigenvalue weighted by molar-refractivity contribution is 6.38. The number of carbonyl (C=O) groups is 3. The van der Waals surface area contributed by atoms with Crippen LogP contribution in [-0.2, 0) is 11.4 Å². The maximum absolute atomic E-state index is 13.0. The van der Waals surface area contributed by atoms with Gasteiger partial charge in [0, 0.05) is 41.7 Å². The van der Waals surface area contributed by atoms with Crippen LogP contribution in [0.25, 0.3) is 10.9 Å². The molecule has 1 aliphatic heterocycles. The summed E-state index contributed by atoms with van der Waals surface area (Å²) in [7, 11) is 1.59.